The lowest BCUT2D eigenvalue weighted by molar-refractivity contribution is 0.669. The lowest BCUT2D eigenvalue weighted by Crippen LogP contribution is -1.90. The van der Waals surface area contributed by atoms with E-state index < -0.39 is 100 Å². The zero-order valence-electron chi connectivity index (χ0n) is 42.7. The molecule has 0 aliphatic carbocycles. The highest BCUT2D eigenvalue weighted by Crippen LogP contribution is 2.45. The first kappa shape index (κ1) is 18.5. The number of fused-ring (bicyclic) bond motifs is 7. The molecule has 11 rings (SSSR count). The summed E-state index contributed by atoms with van der Waals surface area (Å²) in [5.74, 6) is 0. The maximum absolute atomic E-state index is 9.74. The Bertz CT molecular complexity index is 3990. The highest BCUT2D eigenvalue weighted by Gasteiger charge is 2.17. The molecule has 0 saturated carbocycles. The molecule has 10 aromatic carbocycles. The molecule has 0 radical (unpaired) electrons. The van der Waals surface area contributed by atoms with Crippen LogP contribution in [0.4, 0.5) is 0 Å². The van der Waals surface area contributed by atoms with Crippen molar-refractivity contribution < 1.29 is 25.0 Å². The summed E-state index contributed by atoms with van der Waals surface area (Å²) in [7, 11) is 0. The monoisotopic (exact) mass is 687 g/mol. The van der Waals surface area contributed by atoms with Gasteiger partial charge >= 0.3 is 0 Å². The molecule has 246 valence electrons. The van der Waals surface area contributed by atoms with Gasteiger partial charge in [0.2, 0.25) is 0 Å². The maximum Gasteiger partial charge on any atom is 0.136 e. The average Bonchev–Trinajstić information content (AvgIpc) is 3.72. The Morgan fingerprint density at radius 3 is 1.74 bits per heavy atom. The van der Waals surface area contributed by atoms with Crippen LogP contribution in [-0.2, 0) is 0 Å². The minimum Gasteiger partial charge on any atom is -0.456 e. The van der Waals surface area contributed by atoms with Crippen LogP contribution in [0.2, 0.25) is 0 Å². The van der Waals surface area contributed by atoms with Gasteiger partial charge in [-0.05, 0) is 124 Å². The third kappa shape index (κ3) is 4.79. The van der Waals surface area contributed by atoms with Gasteiger partial charge in [0, 0.05) is 10.8 Å². The molecule has 11 aromatic rings. The summed E-state index contributed by atoms with van der Waals surface area (Å²) in [5, 5.41) is 3.37. The molecule has 1 aromatic heterocycles. The third-order valence-corrected chi connectivity index (χ3v) is 9.95. The topological polar surface area (TPSA) is 13.1 Å². The zero-order chi connectivity index (χ0) is 47.9. The van der Waals surface area contributed by atoms with Crippen LogP contribution in [0.15, 0.2) is 198 Å². The number of rotatable bonds is 4. The molecule has 0 aliphatic rings. The molecule has 0 amide bonds. The Morgan fingerprint density at radius 2 is 0.962 bits per heavy atom. The van der Waals surface area contributed by atoms with Crippen LogP contribution in [-0.4, -0.2) is 0 Å². The Kier molecular flexibility index (Phi) is 4.12. The second-order valence-electron chi connectivity index (χ2n) is 12.9. The number of furan rings is 1. The quantitative estimate of drug-likeness (QED) is 0.168. The molecule has 1 nitrogen and oxygen atoms in total. The van der Waals surface area contributed by atoms with E-state index in [1.54, 1.807) is 6.07 Å². The SMILES string of the molecule is [2H]c1cc2cc(-c3ccc4oc5cccc(-c6ccc7ccccc7c6)c5c4c3)ccc2c([2H])c1-c1c2c([2H])c([2H])c([2H])c([2H])c2c(-c2c([2H])c([2H])c([2H])c([2H])c2[2H])c2c([2H])c([2H])c([2H])c([2H])c12. The van der Waals surface area contributed by atoms with Gasteiger partial charge in [-0.25, -0.2) is 0 Å². The van der Waals surface area contributed by atoms with Crippen molar-refractivity contribution in [3.8, 4) is 44.5 Å². The van der Waals surface area contributed by atoms with Gasteiger partial charge in [0.25, 0.3) is 0 Å². The van der Waals surface area contributed by atoms with E-state index in [4.69, 9.17) is 16.8 Å². The van der Waals surface area contributed by atoms with Crippen LogP contribution in [0.5, 0.6) is 0 Å². The number of hydrogen-bond acceptors (Lipinski definition) is 1. The largest absolute Gasteiger partial charge is 0.456 e. The van der Waals surface area contributed by atoms with E-state index >= 15 is 0 Å². The summed E-state index contributed by atoms with van der Waals surface area (Å²) in [6.07, 6.45) is 0. The molecule has 0 atom stereocenters. The van der Waals surface area contributed by atoms with Crippen molar-refractivity contribution in [2.45, 2.75) is 0 Å². The van der Waals surface area contributed by atoms with Gasteiger partial charge in [0.05, 0.1) is 20.6 Å². The predicted molar refractivity (Wildman–Crippen MR) is 225 cm³/mol. The minimum atomic E-state index is -0.771. The van der Waals surface area contributed by atoms with Crippen molar-refractivity contribution in [2.24, 2.45) is 0 Å². The lowest BCUT2D eigenvalue weighted by Gasteiger charge is -2.18. The molecule has 1 heteroatoms. The van der Waals surface area contributed by atoms with Crippen LogP contribution < -0.4 is 0 Å². The summed E-state index contributed by atoms with van der Waals surface area (Å²) in [6, 6.07) is 23.1. The van der Waals surface area contributed by atoms with E-state index in [2.05, 4.69) is 36.4 Å². The first-order valence-corrected chi connectivity index (χ1v) is 17.0. The fourth-order valence-electron chi connectivity index (χ4n) is 7.53. The smallest absolute Gasteiger partial charge is 0.136 e. The number of benzene rings is 10. The van der Waals surface area contributed by atoms with Crippen LogP contribution >= 0.6 is 0 Å². The minimum absolute atomic E-state index is 0.199. The van der Waals surface area contributed by atoms with Gasteiger partial charge in [-0.15, -0.1) is 0 Å². The van der Waals surface area contributed by atoms with E-state index in [1.807, 2.05) is 54.6 Å². The van der Waals surface area contributed by atoms with Crippen LogP contribution in [0.3, 0.4) is 0 Å². The van der Waals surface area contributed by atoms with Gasteiger partial charge in [-0.2, -0.15) is 0 Å². The Labute approximate surface area is 328 Å². The Balaban J connectivity index is 1.17. The van der Waals surface area contributed by atoms with Crippen molar-refractivity contribution >= 4 is 65.0 Å². The van der Waals surface area contributed by atoms with Crippen LogP contribution in [0.1, 0.15) is 20.6 Å². The van der Waals surface area contributed by atoms with Gasteiger partial charge in [-0.1, -0.05) is 157 Å². The predicted octanol–water partition coefficient (Wildman–Crippen LogP) is 14.9. The molecular weight excluding hydrogens is 641 g/mol. The second-order valence-corrected chi connectivity index (χ2v) is 12.9. The summed E-state index contributed by atoms with van der Waals surface area (Å²) in [6.45, 7) is 0. The van der Waals surface area contributed by atoms with Crippen molar-refractivity contribution in [3.63, 3.8) is 0 Å². The van der Waals surface area contributed by atoms with Crippen LogP contribution in [0.25, 0.3) is 110 Å². The average molecular weight is 688 g/mol. The molecule has 0 N–H and O–H groups in total. The third-order valence-electron chi connectivity index (χ3n) is 9.95. The van der Waals surface area contributed by atoms with Crippen molar-refractivity contribution in [2.75, 3.05) is 0 Å². The first-order valence-electron chi connectivity index (χ1n) is 24.5. The van der Waals surface area contributed by atoms with E-state index in [1.165, 1.54) is 6.07 Å². The summed E-state index contributed by atoms with van der Waals surface area (Å²) in [4.78, 5) is 0. The van der Waals surface area contributed by atoms with Crippen molar-refractivity contribution in [1.82, 2.24) is 0 Å². The molecule has 0 fully saturated rings. The summed E-state index contributed by atoms with van der Waals surface area (Å²) in [5.41, 5.74) is 3.61. The normalized spacial score (nSPS) is 15.7. The van der Waals surface area contributed by atoms with Gasteiger partial charge < -0.3 is 4.42 Å². The molecular formula is C52H32O. The zero-order valence-corrected chi connectivity index (χ0v) is 27.7. The van der Waals surface area contributed by atoms with Crippen LogP contribution in [0, 0.1) is 0 Å². The molecule has 0 saturated heterocycles. The molecule has 53 heavy (non-hydrogen) atoms. The van der Waals surface area contributed by atoms with E-state index in [0.717, 1.165) is 49.4 Å². The van der Waals surface area contributed by atoms with Gasteiger partial charge in [-0.3, -0.25) is 0 Å². The van der Waals surface area contributed by atoms with Gasteiger partial charge in [0.1, 0.15) is 11.2 Å². The fraction of sp³-hybridized carbons (Fsp3) is 0. The molecule has 0 unspecified atom stereocenters. The number of hydrogen-bond donors (Lipinski definition) is 0. The molecule has 0 bridgehead atoms. The Morgan fingerprint density at radius 1 is 0.358 bits per heavy atom. The van der Waals surface area contributed by atoms with E-state index in [9.17, 15) is 8.22 Å². The second kappa shape index (κ2) is 11.8. The summed E-state index contributed by atoms with van der Waals surface area (Å²) < 4.78 is 141. The van der Waals surface area contributed by atoms with E-state index in [0.29, 0.717) is 16.4 Å². The molecule has 0 aliphatic heterocycles. The molecule has 1 heterocycles. The standard InChI is InChI=1S/C52H32O/c1-2-12-34(13-3-1)50-43-15-6-8-17-45(43)51(46-18-9-7-16-44(46)50)41-26-24-36-29-37(22-23-38(36)31-41)39-27-28-48-47(32-39)52-42(19-10-20-49(52)53-48)40-25-21-33-11-4-5-14-35(33)30-40/h1-32H/i1D,2D,3D,6D,7D,8D,9D,12D,13D,15D,16D,17D,18D,26D,31D. The Hall–Kier alpha value is -6.96. The maximum atomic E-state index is 9.74. The summed E-state index contributed by atoms with van der Waals surface area (Å²) >= 11 is 0. The van der Waals surface area contributed by atoms with Crippen molar-refractivity contribution in [1.29, 1.82) is 0 Å². The van der Waals surface area contributed by atoms with E-state index in [-0.39, 0.29) is 34.0 Å². The van der Waals surface area contributed by atoms with Gasteiger partial charge in [0.15, 0.2) is 0 Å². The lowest BCUT2D eigenvalue weighted by atomic mass is 9.85. The highest BCUT2D eigenvalue weighted by molar-refractivity contribution is 6.22. The molecule has 0 spiro atoms. The fourth-order valence-corrected chi connectivity index (χ4v) is 7.53. The van der Waals surface area contributed by atoms with Crippen molar-refractivity contribution in [3.05, 3.63) is 194 Å². The highest BCUT2D eigenvalue weighted by atomic mass is 16.3. The first-order chi connectivity index (χ1) is 32.5.